The first-order chi connectivity index (χ1) is 10.6. The van der Waals surface area contributed by atoms with Gasteiger partial charge in [-0.1, -0.05) is 6.07 Å². The summed E-state index contributed by atoms with van der Waals surface area (Å²) >= 11 is 0. The molecule has 2 aromatic heterocycles. The lowest BCUT2D eigenvalue weighted by molar-refractivity contribution is 0.137. The Morgan fingerprint density at radius 1 is 1.36 bits per heavy atom. The van der Waals surface area contributed by atoms with E-state index in [-0.39, 0.29) is 5.54 Å². The number of rotatable bonds is 4. The molecule has 1 atom stereocenters. The van der Waals surface area contributed by atoms with Crippen molar-refractivity contribution < 1.29 is 0 Å². The number of nitrogens with zero attached hydrogens (tertiary/aromatic N) is 4. The monoisotopic (exact) mass is 297 g/mol. The van der Waals surface area contributed by atoms with Crippen molar-refractivity contribution in [3.8, 4) is 0 Å². The summed E-state index contributed by atoms with van der Waals surface area (Å²) in [6, 6.07) is 6.10. The highest BCUT2D eigenvalue weighted by Crippen LogP contribution is 2.38. The van der Waals surface area contributed by atoms with Crippen molar-refractivity contribution in [3.05, 3.63) is 47.7 Å². The Balaban J connectivity index is 1.91. The summed E-state index contributed by atoms with van der Waals surface area (Å²) in [6.45, 7) is 6.23. The van der Waals surface area contributed by atoms with Gasteiger partial charge in [-0.3, -0.25) is 9.88 Å². The van der Waals surface area contributed by atoms with Gasteiger partial charge in [0.15, 0.2) is 5.82 Å². The van der Waals surface area contributed by atoms with E-state index in [0.717, 1.165) is 36.8 Å². The van der Waals surface area contributed by atoms with E-state index in [4.69, 9.17) is 9.97 Å². The van der Waals surface area contributed by atoms with Gasteiger partial charge in [0.2, 0.25) is 0 Å². The molecular formula is C17H23N5. The average molecular weight is 297 g/mol. The highest BCUT2D eigenvalue weighted by atomic mass is 15.2. The first kappa shape index (κ1) is 14.9. The zero-order valence-corrected chi connectivity index (χ0v) is 13.5. The lowest BCUT2D eigenvalue weighted by Gasteiger charge is -2.34. The highest BCUT2D eigenvalue weighted by Gasteiger charge is 2.40. The molecule has 5 heteroatoms. The second-order valence-corrected chi connectivity index (χ2v) is 6.13. The van der Waals surface area contributed by atoms with Crippen LogP contribution in [0, 0.1) is 6.92 Å². The van der Waals surface area contributed by atoms with Crippen LogP contribution in [0.4, 0.5) is 5.82 Å². The van der Waals surface area contributed by atoms with Gasteiger partial charge in [-0.25, -0.2) is 9.97 Å². The van der Waals surface area contributed by atoms with Crippen LogP contribution in [0.25, 0.3) is 0 Å². The van der Waals surface area contributed by atoms with Crippen LogP contribution in [0.1, 0.15) is 36.8 Å². The van der Waals surface area contributed by atoms with Crippen LogP contribution in [0.3, 0.4) is 0 Å². The molecule has 1 fully saturated rings. The Hall–Kier alpha value is -2.01. The fraction of sp³-hybridized carbons (Fsp3) is 0.471. The smallest absolute Gasteiger partial charge is 0.150 e. The molecule has 3 heterocycles. The average Bonchev–Trinajstić information content (AvgIpc) is 2.90. The maximum absolute atomic E-state index is 4.72. The number of nitrogens with one attached hydrogen (secondary N) is 1. The third-order valence-electron chi connectivity index (χ3n) is 4.48. The summed E-state index contributed by atoms with van der Waals surface area (Å²) in [6.07, 6.45) is 6.01. The molecule has 0 saturated carbocycles. The van der Waals surface area contributed by atoms with E-state index in [0.29, 0.717) is 0 Å². The van der Waals surface area contributed by atoms with Gasteiger partial charge in [0, 0.05) is 37.7 Å². The first-order valence-corrected chi connectivity index (χ1v) is 7.80. The third-order valence-corrected chi connectivity index (χ3v) is 4.48. The molecule has 5 nitrogen and oxygen atoms in total. The van der Waals surface area contributed by atoms with Gasteiger partial charge in [0.1, 0.15) is 5.82 Å². The van der Waals surface area contributed by atoms with Gasteiger partial charge in [-0.05, 0) is 44.9 Å². The number of likely N-dealkylation sites (tertiary alicyclic amines) is 1. The summed E-state index contributed by atoms with van der Waals surface area (Å²) < 4.78 is 0. The first-order valence-electron chi connectivity index (χ1n) is 7.80. The SMILES string of the molecule is CNc1cc(C)nc([C@]2(C)CCCN2Cc2cccnc2)n1. The van der Waals surface area contributed by atoms with Crippen molar-refractivity contribution in [3.63, 3.8) is 0 Å². The third kappa shape index (κ3) is 2.81. The number of hydrogen-bond acceptors (Lipinski definition) is 5. The summed E-state index contributed by atoms with van der Waals surface area (Å²) in [4.78, 5) is 16.1. The predicted octanol–water partition coefficient (Wildman–Crippen LogP) is 2.73. The van der Waals surface area contributed by atoms with E-state index >= 15 is 0 Å². The molecule has 0 amide bonds. The fourth-order valence-corrected chi connectivity index (χ4v) is 3.18. The van der Waals surface area contributed by atoms with Crippen LogP contribution in [0.2, 0.25) is 0 Å². The van der Waals surface area contributed by atoms with E-state index in [9.17, 15) is 0 Å². The molecular weight excluding hydrogens is 274 g/mol. The minimum atomic E-state index is -0.118. The molecule has 1 aliphatic rings. The van der Waals surface area contributed by atoms with Crippen LogP contribution in [0.15, 0.2) is 30.6 Å². The van der Waals surface area contributed by atoms with Gasteiger partial charge in [-0.2, -0.15) is 0 Å². The number of hydrogen-bond donors (Lipinski definition) is 1. The lowest BCUT2D eigenvalue weighted by atomic mass is 9.97. The van der Waals surface area contributed by atoms with Crippen molar-refractivity contribution in [1.29, 1.82) is 0 Å². The zero-order chi connectivity index (χ0) is 15.6. The Morgan fingerprint density at radius 3 is 2.95 bits per heavy atom. The van der Waals surface area contributed by atoms with Crippen LogP contribution in [-0.4, -0.2) is 33.4 Å². The maximum Gasteiger partial charge on any atom is 0.150 e. The quantitative estimate of drug-likeness (QED) is 0.940. The van der Waals surface area contributed by atoms with Crippen molar-refractivity contribution in [1.82, 2.24) is 19.9 Å². The van der Waals surface area contributed by atoms with Crippen molar-refractivity contribution in [2.24, 2.45) is 0 Å². The van der Waals surface area contributed by atoms with Crippen molar-refractivity contribution in [2.75, 3.05) is 18.9 Å². The molecule has 0 aliphatic carbocycles. The molecule has 1 saturated heterocycles. The minimum absolute atomic E-state index is 0.118. The van der Waals surface area contributed by atoms with Gasteiger partial charge in [0.05, 0.1) is 5.54 Å². The molecule has 0 bridgehead atoms. The standard InChI is InChI=1S/C17H23N5/c1-13-10-15(18-3)21-16(20-13)17(2)7-5-9-22(17)12-14-6-4-8-19-11-14/h4,6,8,10-11H,5,7,9,12H2,1-3H3,(H,18,20,21)/t17-/m0/s1. The topological polar surface area (TPSA) is 53.9 Å². The number of aryl methyl sites for hydroxylation is 1. The van der Waals surface area contributed by atoms with Crippen molar-refractivity contribution >= 4 is 5.82 Å². The Labute approximate surface area is 131 Å². The normalized spacial score (nSPS) is 22.0. The Morgan fingerprint density at radius 2 is 2.23 bits per heavy atom. The Bertz CT molecular complexity index is 643. The van der Waals surface area contributed by atoms with E-state index in [1.54, 1.807) is 0 Å². The number of pyridine rings is 1. The van der Waals surface area contributed by atoms with Crippen LogP contribution < -0.4 is 5.32 Å². The molecule has 0 spiro atoms. The van der Waals surface area contributed by atoms with E-state index in [2.05, 4.69) is 28.2 Å². The summed E-state index contributed by atoms with van der Waals surface area (Å²) in [5.41, 5.74) is 2.12. The lowest BCUT2D eigenvalue weighted by Crippen LogP contribution is -2.39. The van der Waals surface area contributed by atoms with Gasteiger partial charge in [0.25, 0.3) is 0 Å². The van der Waals surface area contributed by atoms with E-state index in [1.807, 2.05) is 38.5 Å². The maximum atomic E-state index is 4.72. The molecule has 0 unspecified atom stereocenters. The second-order valence-electron chi connectivity index (χ2n) is 6.13. The molecule has 0 aromatic carbocycles. The van der Waals surface area contributed by atoms with Gasteiger partial charge in [-0.15, -0.1) is 0 Å². The van der Waals surface area contributed by atoms with Crippen LogP contribution in [-0.2, 0) is 12.1 Å². The molecule has 3 rings (SSSR count). The summed E-state index contributed by atoms with van der Waals surface area (Å²) in [5.74, 6) is 1.80. The highest BCUT2D eigenvalue weighted by molar-refractivity contribution is 5.36. The second kappa shape index (κ2) is 6.01. The van der Waals surface area contributed by atoms with Gasteiger partial charge < -0.3 is 5.32 Å². The molecule has 1 aliphatic heterocycles. The van der Waals surface area contributed by atoms with Crippen LogP contribution >= 0.6 is 0 Å². The number of anilines is 1. The van der Waals surface area contributed by atoms with E-state index in [1.165, 1.54) is 12.0 Å². The Kier molecular flexibility index (Phi) is 4.07. The molecule has 0 radical (unpaired) electrons. The molecule has 116 valence electrons. The zero-order valence-electron chi connectivity index (χ0n) is 13.5. The largest absolute Gasteiger partial charge is 0.373 e. The summed E-state index contributed by atoms with van der Waals surface area (Å²) in [7, 11) is 1.90. The van der Waals surface area contributed by atoms with Crippen molar-refractivity contribution in [2.45, 2.75) is 38.8 Å². The van der Waals surface area contributed by atoms with E-state index < -0.39 is 0 Å². The van der Waals surface area contributed by atoms with Crippen LogP contribution in [0.5, 0.6) is 0 Å². The minimum Gasteiger partial charge on any atom is -0.373 e. The van der Waals surface area contributed by atoms with Gasteiger partial charge >= 0.3 is 0 Å². The molecule has 1 N–H and O–H groups in total. The molecule has 22 heavy (non-hydrogen) atoms. The summed E-state index contributed by atoms with van der Waals surface area (Å²) in [5, 5.41) is 3.13. The predicted molar refractivity (Wildman–Crippen MR) is 87.5 cm³/mol. The number of aromatic nitrogens is 3. The fourth-order valence-electron chi connectivity index (χ4n) is 3.18. The molecule has 2 aromatic rings.